The Balaban J connectivity index is 1.42. The molecule has 2 aromatic rings. The first-order valence-corrected chi connectivity index (χ1v) is 10.3. The van der Waals surface area contributed by atoms with Gasteiger partial charge in [0.2, 0.25) is 10.0 Å². The number of sulfonamides is 1. The van der Waals surface area contributed by atoms with E-state index in [0.29, 0.717) is 37.7 Å². The first kappa shape index (κ1) is 17.2. The molecule has 1 fully saturated rings. The Morgan fingerprint density at radius 2 is 2.12 bits per heavy atom. The van der Waals surface area contributed by atoms with Crippen molar-refractivity contribution in [2.24, 2.45) is 0 Å². The number of para-hydroxylation sites is 1. The quantitative estimate of drug-likeness (QED) is 0.669. The van der Waals surface area contributed by atoms with Crippen molar-refractivity contribution in [2.75, 3.05) is 25.4 Å². The highest BCUT2D eigenvalue weighted by Crippen LogP contribution is 2.22. The van der Waals surface area contributed by atoms with Gasteiger partial charge in [-0.05, 0) is 25.0 Å². The zero-order valence-electron chi connectivity index (χ0n) is 13.2. The van der Waals surface area contributed by atoms with Crippen LogP contribution in [0, 0.1) is 0 Å². The molecule has 1 unspecified atom stereocenters. The molecule has 1 aromatic heterocycles. The lowest BCUT2D eigenvalue weighted by molar-refractivity contribution is 0.214. The highest BCUT2D eigenvalue weighted by Gasteiger charge is 2.32. The van der Waals surface area contributed by atoms with Gasteiger partial charge < -0.3 is 9.47 Å². The van der Waals surface area contributed by atoms with Gasteiger partial charge in [-0.25, -0.2) is 13.4 Å². The van der Waals surface area contributed by atoms with Crippen LogP contribution in [0.15, 0.2) is 41.9 Å². The summed E-state index contributed by atoms with van der Waals surface area (Å²) in [7, 11) is -3.27. The average Bonchev–Trinajstić information content (AvgIpc) is 3.25. The highest BCUT2D eigenvalue weighted by molar-refractivity contribution is 7.89. The summed E-state index contributed by atoms with van der Waals surface area (Å²) in [5.41, 5.74) is 0. The third-order valence-electron chi connectivity index (χ3n) is 3.74. The molecule has 1 aliphatic heterocycles. The Kier molecular flexibility index (Phi) is 5.70. The predicted octanol–water partition coefficient (Wildman–Crippen LogP) is 2.40. The third-order valence-corrected chi connectivity index (χ3v) is 6.32. The fourth-order valence-corrected chi connectivity index (χ4v) is 4.60. The Morgan fingerprint density at radius 1 is 1.29 bits per heavy atom. The number of aromatic nitrogens is 1. The van der Waals surface area contributed by atoms with E-state index in [1.54, 1.807) is 6.20 Å². The molecule has 0 amide bonds. The lowest BCUT2D eigenvalue weighted by atomic mass is 10.3. The number of hydrogen-bond donors (Lipinski definition) is 0. The van der Waals surface area contributed by atoms with Crippen LogP contribution in [0.1, 0.15) is 12.8 Å². The second-order valence-corrected chi connectivity index (χ2v) is 8.46. The summed E-state index contributed by atoms with van der Waals surface area (Å²) in [5, 5.41) is 2.43. The zero-order chi connectivity index (χ0) is 16.8. The molecule has 0 bridgehead atoms. The Hall–Kier alpha value is -1.64. The molecular formula is C16H20N2O4S2. The Morgan fingerprint density at radius 3 is 2.88 bits per heavy atom. The van der Waals surface area contributed by atoms with E-state index in [-0.39, 0.29) is 11.9 Å². The molecule has 1 aliphatic rings. The van der Waals surface area contributed by atoms with Gasteiger partial charge in [0.05, 0.1) is 18.9 Å². The van der Waals surface area contributed by atoms with E-state index >= 15 is 0 Å². The van der Waals surface area contributed by atoms with Crippen molar-refractivity contribution in [1.29, 1.82) is 0 Å². The van der Waals surface area contributed by atoms with Crippen molar-refractivity contribution in [3.8, 4) is 10.9 Å². The lowest BCUT2D eigenvalue weighted by Gasteiger charge is -2.16. The molecule has 1 aromatic carbocycles. The van der Waals surface area contributed by atoms with Crippen LogP contribution in [-0.4, -0.2) is 49.3 Å². The first-order chi connectivity index (χ1) is 11.6. The maximum atomic E-state index is 12.4. The van der Waals surface area contributed by atoms with Crippen molar-refractivity contribution in [3.63, 3.8) is 0 Å². The van der Waals surface area contributed by atoms with Gasteiger partial charge in [-0.3, -0.25) is 0 Å². The maximum absolute atomic E-state index is 12.4. The van der Waals surface area contributed by atoms with E-state index in [4.69, 9.17) is 9.47 Å². The Labute approximate surface area is 146 Å². The second-order valence-electron chi connectivity index (χ2n) is 5.52. The summed E-state index contributed by atoms with van der Waals surface area (Å²) in [5.74, 6) is 0.844. The molecule has 2 heterocycles. The molecule has 3 rings (SSSR count). The minimum atomic E-state index is -3.27. The van der Waals surface area contributed by atoms with Crippen molar-refractivity contribution >= 4 is 21.4 Å². The smallest absolute Gasteiger partial charge is 0.273 e. The molecule has 1 saturated heterocycles. The molecule has 0 spiro atoms. The fraction of sp³-hybridized carbons (Fsp3) is 0.438. The van der Waals surface area contributed by atoms with Crippen LogP contribution in [0.3, 0.4) is 0 Å². The molecule has 0 saturated carbocycles. The average molecular weight is 368 g/mol. The summed E-state index contributed by atoms with van der Waals surface area (Å²) in [6.07, 6.45) is 2.72. The zero-order valence-corrected chi connectivity index (χ0v) is 14.8. The van der Waals surface area contributed by atoms with Crippen molar-refractivity contribution < 1.29 is 17.9 Å². The van der Waals surface area contributed by atoms with Crippen LogP contribution in [0.5, 0.6) is 10.9 Å². The lowest BCUT2D eigenvalue weighted by Crippen LogP contribution is -2.33. The predicted molar refractivity (Wildman–Crippen MR) is 93.1 cm³/mol. The SMILES string of the molecule is O=S(=O)(CCCOc1ccccc1)N1CCC(Oc2nccs2)C1. The van der Waals surface area contributed by atoms with Crippen molar-refractivity contribution in [3.05, 3.63) is 41.9 Å². The van der Waals surface area contributed by atoms with Gasteiger partial charge in [-0.1, -0.05) is 29.5 Å². The summed E-state index contributed by atoms with van der Waals surface area (Å²) in [4.78, 5) is 4.07. The van der Waals surface area contributed by atoms with Gasteiger partial charge in [-0.15, -0.1) is 0 Å². The molecule has 8 heteroatoms. The Bertz CT molecular complexity index is 720. The van der Waals surface area contributed by atoms with E-state index in [2.05, 4.69) is 4.98 Å². The van der Waals surface area contributed by atoms with Crippen LogP contribution >= 0.6 is 11.3 Å². The van der Waals surface area contributed by atoms with Crippen LogP contribution in [0.2, 0.25) is 0 Å². The minimum Gasteiger partial charge on any atom is -0.494 e. The fourth-order valence-electron chi connectivity index (χ4n) is 2.53. The molecule has 130 valence electrons. The molecule has 0 N–H and O–H groups in total. The second kappa shape index (κ2) is 7.96. The summed E-state index contributed by atoms with van der Waals surface area (Å²) >= 11 is 1.42. The highest BCUT2D eigenvalue weighted by atomic mass is 32.2. The number of hydrogen-bond acceptors (Lipinski definition) is 6. The van der Waals surface area contributed by atoms with Crippen LogP contribution in [0.4, 0.5) is 0 Å². The van der Waals surface area contributed by atoms with Gasteiger partial charge in [0.15, 0.2) is 0 Å². The molecule has 1 atom stereocenters. The van der Waals surface area contributed by atoms with Crippen LogP contribution in [0.25, 0.3) is 0 Å². The van der Waals surface area contributed by atoms with E-state index in [9.17, 15) is 8.42 Å². The molecule has 0 radical (unpaired) electrons. The van der Waals surface area contributed by atoms with Gasteiger partial charge in [0.1, 0.15) is 11.9 Å². The van der Waals surface area contributed by atoms with E-state index in [0.717, 1.165) is 5.75 Å². The van der Waals surface area contributed by atoms with Gasteiger partial charge >= 0.3 is 0 Å². The number of thiazole rings is 1. The number of nitrogens with zero attached hydrogens (tertiary/aromatic N) is 2. The maximum Gasteiger partial charge on any atom is 0.273 e. The summed E-state index contributed by atoms with van der Waals surface area (Å²) in [6.45, 7) is 1.27. The largest absolute Gasteiger partial charge is 0.494 e. The standard InChI is InChI=1S/C16H20N2O4S2/c19-24(20,12-4-10-21-14-5-2-1-3-6-14)18-9-7-15(13-18)22-16-17-8-11-23-16/h1-3,5-6,8,11,15H,4,7,9-10,12-13H2. The molecular weight excluding hydrogens is 348 g/mol. The normalized spacial score (nSPS) is 18.6. The third kappa shape index (κ3) is 4.68. The van der Waals surface area contributed by atoms with E-state index in [1.165, 1.54) is 15.6 Å². The summed E-state index contributed by atoms with van der Waals surface area (Å²) < 4.78 is 37.5. The van der Waals surface area contributed by atoms with Crippen LogP contribution < -0.4 is 9.47 Å². The van der Waals surface area contributed by atoms with Crippen LogP contribution in [-0.2, 0) is 10.0 Å². The monoisotopic (exact) mass is 368 g/mol. The first-order valence-electron chi connectivity index (χ1n) is 7.85. The minimum absolute atomic E-state index is 0.0871. The van der Waals surface area contributed by atoms with Crippen molar-refractivity contribution in [2.45, 2.75) is 18.9 Å². The summed E-state index contributed by atoms with van der Waals surface area (Å²) in [6, 6.07) is 9.40. The molecule has 6 nitrogen and oxygen atoms in total. The van der Waals surface area contributed by atoms with Crippen molar-refractivity contribution in [1.82, 2.24) is 9.29 Å². The number of benzene rings is 1. The number of ether oxygens (including phenoxy) is 2. The van der Waals surface area contributed by atoms with E-state index in [1.807, 2.05) is 35.7 Å². The van der Waals surface area contributed by atoms with E-state index < -0.39 is 10.0 Å². The van der Waals surface area contributed by atoms with Gasteiger partial charge in [0.25, 0.3) is 5.19 Å². The topological polar surface area (TPSA) is 68.7 Å². The molecule has 0 aliphatic carbocycles. The molecule has 24 heavy (non-hydrogen) atoms. The van der Waals surface area contributed by atoms with Gasteiger partial charge in [0, 0.05) is 18.1 Å². The van der Waals surface area contributed by atoms with Gasteiger partial charge in [-0.2, -0.15) is 4.31 Å². The number of rotatable bonds is 8.